The van der Waals surface area contributed by atoms with E-state index in [1.54, 1.807) is 25.1 Å². The van der Waals surface area contributed by atoms with Gasteiger partial charge in [-0.05, 0) is 30.7 Å². The molecule has 0 unspecified atom stereocenters. The van der Waals surface area contributed by atoms with Crippen LogP contribution in [0.25, 0.3) is 0 Å². The summed E-state index contributed by atoms with van der Waals surface area (Å²) in [5, 5.41) is 0.558. The van der Waals surface area contributed by atoms with E-state index in [1.165, 1.54) is 18.5 Å². The van der Waals surface area contributed by atoms with E-state index in [0.29, 0.717) is 10.7 Å². The molecule has 4 nitrogen and oxygen atoms in total. The van der Waals surface area contributed by atoms with Crippen molar-refractivity contribution in [1.29, 1.82) is 0 Å². The molecule has 2 aromatic rings. The highest BCUT2D eigenvalue weighted by Gasteiger charge is 2.19. The molecule has 0 aliphatic rings. The quantitative estimate of drug-likeness (QED) is 0.942. The first-order chi connectivity index (χ1) is 8.90. The number of hydrogen-bond donors (Lipinski definition) is 1. The number of halogens is 2. The lowest BCUT2D eigenvalue weighted by atomic mass is 10.2. The van der Waals surface area contributed by atoms with Crippen LogP contribution < -0.4 is 4.72 Å². The maximum atomic E-state index is 12.2. The van der Waals surface area contributed by atoms with E-state index in [2.05, 4.69) is 9.71 Å². The lowest BCUT2D eigenvalue weighted by Gasteiger charge is -2.11. The fraction of sp³-hybridized carbons (Fsp3) is 0.0833. The summed E-state index contributed by atoms with van der Waals surface area (Å²) in [5.41, 5.74) is 1.17. The minimum absolute atomic E-state index is 0.0731. The highest BCUT2D eigenvalue weighted by Crippen LogP contribution is 2.26. The molecule has 2 rings (SSSR count). The summed E-state index contributed by atoms with van der Waals surface area (Å²) >= 11 is 11.7. The average molecular weight is 317 g/mol. The molecule has 0 aliphatic heterocycles. The number of nitrogens with one attached hydrogen (secondary N) is 1. The van der Waals surface area contributed by atoms with Gasteiger partial charge in [0.25, 0.3) is 10.0 Å². The molecule has 100 valence electrons. The summed E-state index contributed by atoms with van der Waals surface area (Å²) in [6, 6.07) is 6.37. The SMILES string of the molecule is Cc1ccc(Cl)cc1NS(=O)(=O)c1cnccc1Cl. The van der Waals surface area contributed by atoms with Crippen molar-refractivity contribution in [1.82, 2.24) is 4.98 Å². The van der Waals surface area contributed by atoms with Gasteiger partial charge < -0.3 is 0 Å². The molecule has 19 heavy (non-hydrogen) atoms. The molecule has 0 saturated carbocycles. The number of anilines is 1. The second-order valence-electron chi connectivity index (χ2n) is 3.87. The third kappa shape index (κ3) is 3.18. The summed E-state index contributed by atoms with van der Waals surface area (Å²) in [7, 11) is -3.79. The van der Waals surface area contributed by atoms with Crippen LogP contribution >= 0.6 is 23.2 Å². The Hall–Kier alpha value is -1.30. The smallest absolute Gasteiger partial charge is 0.264 e. The zero-order valence-electron chi connectivity index (χ0n) is 9.89. The maximum Gasteiger partial charge on any atom is 0.264 e. The van der Waals surface area contributed by atoms with Gasteiger partial charge in [-0.1, -0.05) is 29.3 Å². The van der Waals surface area contributed by atoms with Gasteiger partial charge in [-0.25, -0.2) is 8.42 Å². The second-order valence-corrected chi connectivity index (χ2v) is 6.37. The molecule has 0 saturated heterocycles. The predicted octanol–water partition coefficient (Wildman–Crippen LogP) is 3.50. The number of benzene rings is 1. The number of aryl methyl sites for hydroxylation is 1. The minimum Gasteiger partial charge on any atom is -0.279 e. The van der Waals surface area contributed by atoms with Crippen molar-refractivity contribution in [2.75, 3.05) is 4.72 Å². The Labute approximate surface area is 121 Å². The first kappa shape index (κ1) is 14.1. The summed E-state index contributed by atoms with van der Waals surface area (Å²) in [4.78, 5) is 3.69. The first-order valence-corrected chi connectivity index (χ1v) is 7.52. The molecular weight excluding hydrogens is 307 g/mol. The number of rotatable bonds is 3. The van der Waals surface area contributed by atoms with Gasteiger partial charge in [0.2, 0.25) is 0 Å². The van der Waals surface area contributed by atoms with Crippen LogP contribution in [0.15, 0.2) is 41.6 Å². The Morgan fingerprint density at radius 3 is 2.63 bits per heavy atom. The van der Waals surface area contributed by atoms with Crippen LogP contribution in [0.4, 0.5) is 5.69 Å². The fourth-order valence-corrected chi connectivity index (χ4v) is 3.19. The molecule has 0 spiro atoms. The lowest BCUT2D eigenvalue weighted by molar-refractivity contribution is 0.601. The van der Waals surface area contributed by atoms with Gasteiger partial charge in [-0.3, -0.25) is 9.71 Å². The van der Waals surface area contributed by atoms with Crippen molar-refractivity contribution < 1.29 is 8.42 Å². The normalized spacial score (nSPS) is 11.3. The van der Waals surface area contributed by atoms with E-state index in [4.69, 9.17) is 23.2 Å². The highest BCUT2D eigenvalue weighted by atomic mass is 35.5. The van der Waals surface area contributed by atoms with E-state index in [1.807, 2.05) is 0 Å². The lowest BCUT2D eigenvalue weighted by Crippen LogP contribution is -2.14. The van der Waals surface area contributed by atoms with Crippen molar-refractivity contribution in [3.05, 3.63) is 52.3 Å². The number of nitrogens with zero attached hydrogens (tertiary/aromatic N) is 1. The standard InChI is InChI=1S/C12H10Cl2N2O2S/c1-8-2-3-9(13)6-11(8)16-19(17,18)12-7-15-5-4-10(12)14/h2-7,16H,1H3. The molecule has 1 N–H and O–H groups in total. The largest absolute Gasteiger partial charge is 0.279 e. The molecule has 1 aromatic carbocycles. The first-order valence-electron chi connectivity index (χ1n) is 5.28. The van der Waals surface area contributed by atoms with Gasteiger partial charge in [-0.15, -0.1) is 0 Å². The van der Waals surface area contributed by atoms with Crippen LogP contribution in [0.1, 0.15) is 5.56 Å². The summed E-state index contributed by atoms with van der Waals surface area (Å²) in [6.07, 6.45) is 2.62. The van der Waals surface area contributed by atoms with Crippen LogP contribution in [-0.2, 0) is 10.0 Å². The molecule has 0 fully saturated rings. The predicted molar refractivity (Wildman–Crippen MR) is 76.2 cm³/mol. The van der Waals surface area contributed by atoms with Gasteiger partial charge in [-0.2, -0.15) is 0 Å². The van der Waals surface area contributed by atoms with E-state index in [0.717, 1.165) is 5.56 Å². The molecule has 0 amide bonds. The number of sulfonamides is 1. The van der Waals surface area contributed by atoms with Gasteiger partial charge in [0.05, 0.1) is 10.7 Å². The van der Waals surface area contributed by atoms with E-state index in [9.17, 15) is 8.42 Å². The van der Waals surface area contributed by atoms with Crippen LogP contribution in [-0.4, -0.2) is 13.4 Å². The molecule has 7 heteroatoms. The average Bonchev–Trinajstić information content (AvgIpc) is 2.34. The van der Waals surface area contributed by atoms with Gasteiger partial charge in [0.1, 0.15) is 4.90 Å². The number of pyridine rings is 1. The van der Waals surface area contributed by atoms with E-state index in [-0.39, 0.29) is 9.92 Å². The van der Waals surface area contributed by atoms with Gasteiger partial charge in [0, 0.05) is 17.4 Å². The van der Waals surface area contributed by atoms with Crippen LogP contribution in [0.5, 0.6) is 0 Å². The van der Waals surface area contributed by atoms with Crippen molar-refractivity contribution in [3.8, 4) is 0 Å². The van der Waals surface area contributed by atoms with E-state index < -0.39 is 10.0 Å². The summed E-state index contributed by atoms with van der Waals surface area (Å²) in [6.45, 7) is 1.78. The molecule has 0 bridgehead atoms. The zero-order chi connectivity index (χ0) is 14.0. The topological polar surface area (TPSA) is 59.1 Å². The van der Waals surface area contributed by atoms with Crippen molar-refractivity contribution in [2.24, 2.45) is 0 Å². The number of aromatic nitrogens is 1. The third-order valence-corrected chi connectivity index (χ3v) is 4.54. The van der Waals surface area contributed by atoms with Crippen molar-refractivity contribution in [3.63, 3.8) is 0 Å². The molecule has 1 heterocycles. The Bertz CT molecular complexity index is 717. The Morgan fingerprint density at radius 1 is 1.21 bits per heavy atom. The van der Waals surface area contributed by atoms with Gasteiger partial charge >= 0.3 is 0 Å². The maximum absolute atomic E-state index is 12.2. The minimum atomic E-state index is -3.79. The van der Waals surface area contributed by atoms with Crippen LogP contribution in [0.3, 0.4) is 0 Å². The summed E-state index contributed by atoms with van der Waals surface area (Å²) < 4.78 is 26.9. The third-order valence-electron chi connectivity index (χ3n) is 2.47. The molecule has 1 aromatic heterocycles. The Balaban J connectivity index is 2.43. The molecule has 0 radical (unpaired) electrons. The monoisotopic (exact) mass is 316 g/mol. The molecule has 0 atom stereocenters. The second kappa shape index (κ2) is 5.36. The Kier molecular flexibility index (Phi) is 3.99. The molecular formula is C12H10Cl2N2O2S. The Morgan fingerprint density at radius 2 is 1.95 bits per heavy atom. The fourth-order valence-electron chi connectivity index (χ4n) is 1.46. The van der Waals surface area contributed by atoms with Crippen molar-refractivity contribution >= 4 is 38.9 Å². The van der Waals surface area contributed by atoms with Gasteiger partial charge in [0.15, 0.2) is 0 Å². The van der Waals surface area contributed by atoms with Crippen molar-refractivity contribution in [2.45, 2.75) is 11.8 Å². The number of hydrogen-bond acceptors (Lipinski definition) is 3. The highest BCUT2D eigenvalue weighted by molar-refractivity contribution is 7.92. The van der Waals surface area contributed by atoms with Crippen LogP contribution in [0.2, 0.25) is 10.0 Å². The van der Waals surface area contributed by atoms with E-state index >= 15 is 0 Å². The van der Waals surface area contributed by atoms with Crippen LogP contribution in [0, 0.1) is 6.92 Å². The zero-order valence-corrected chi connectivity index (χ0v) is 12.2. The summed E-state index contributed by atoms with van der Waals surface area (Å²) in [5.74, 6) is 0. The molecule has 0 aliphatic carbocycles.